The highest BCUT2D eigenvalue weighted by molar-refractivity contribution is 6.27. The van der Waals surface area contributed by atoms with Crippen LogP contribution in [0.4, 0.5) is 0 Å². The van der Waals surface area contributed by atoms with E-state index in [1.165, 1.54) is 0 Å². The normalized spacial score (nSPS) is 21.8. The number of benzene rings is 1. The van der Waals surface area contributed by atoms with E-state index >= 15 is 0 Å². The maximum Gasteiger partial charge on any atom is 0.247 e. The predicted molar refractivity (Wildman–Crippen MR) is 122 cm³/mol. The lowest BCUT2D eigenvalue weighted by molar-refractivity contribution is -0.140. The van der Waals surface area contributed by atoms with Gasteiger partial charge in [0.1, 0.15) is 11.9 Å². The summed E-state index contributed by atoms with van der Waals surface area (Å²) >= 11 is 5.94. The van der Waals surface area contributed by atoms with Crippen molar-refractivity contribution in [2.45, 2.75) is 76.9 Å². The summed E-state index contributed by atoms with van der Waals surface area (Å²) in [5, 5.41) is 3.22. The number of alkyl halides is 1. The van der Waals surface area contributed by atoms with Crippen LogP contribution in [0.3, 0.4) is 0 Å². The number of amides is 2. The van der Waals surface area contributed by atoms with Crippen LogP contribution in [-0.2, 0) is 9.59 Å². The maximum atomic E-state index is 13.5. The van der Waals surface area contributed by atoms with Crippen LogP contribution < -0.4 is 14.8 Å². The number of methoxy groups -OCH3 is 1. The fourth-order valence-electron chi connectivity index (χ4n) is 4.29. The molecule has 3 rings (SSSR count). The molecule has 2 aliphatic carbocycles. The molecule has 0 spiro atoms. The fourth-order valence-corrected chi connectivity index (χ4v) is 4.43. The average Bonchev–Trinajstić information content (AvgIpc) is 3.62. The van der Waals surface area contributed by atoms with Gasteiger partial charge in [-0.05, 0) is 68.6 Å². The number of hydrogen-bond donors (Lipinski definition) is 1. The molecular formula is C24H35ClN2O4. The van der Waals surface area contributed by atoms with Crippen LogP contribution in [0.1, 0.15) is 70.4 Å². The minimum absolute atomic E-state index is 0.0513. The monoisotopic (exact) mass is 450 g/mol. The zero-order valence-electron chi connectivity index (χ0n) is 18.9. The van der Waals surface area contributed by atoms with Crippen LogP contribution in [0.2, 0.25) is 0 Å². The van der Waals surface area contributed by atoms with Gasteiger partial charge in [0.2, 0.25) is 11.8 Å². The van der Waals surface area contributed by atoms with Crippen LogP contribution in [0.25, 0.3) is 0 Å². The molecule has 172 valence electrons. The van der Waals surface area contributed by atoms with Crippen LogP contribution in [-0.4, -0.2) is 48.4 Å². The highest BCUT2D eigenvalue weighted by atomic mass is 35.5. The third kappa shape index (κ3) is 6.06. The fraction of sp³-hybridized carbons (Fsp3) is 0.667. The molecule has 1 atom stereocenters. The number of hydrogen-bond acceptors (Lipinski definition) is 4. The van der Waals surface area contributed by atoms with E-state index in [4.69, 9.17) is 21.1 Å². The minimum Gasteiger partial charge on any atom is -0.493 e. The summed E-state index contributed by atoms with van der Waals surface area (Å²) in [6.45, 7) is 4.88. The van der Waals surface area contributed by atoms with Crippen LogP contribution in [0.5, 0.6) is 11.5 Å². The first kappa shape index (κ1) is 23.7. The van der Waals surface area contributed by atoms with Gasteiger partial charge >= 0.3 is 0 Å². The van der Waals surface area contributed by atoms with Crippen LogP contribution >= 0.6 is 11.6 Å². The molecule has 1 N–H and O–H groups in total. The second-order valence-corrected chi connectivity index (χ2v) is 9.06. The SMILES string of the molecule is CCCOc1ccc([C@@H](C(=O)NC2CCC(C)CC2)N(C(=O)CCl)C2CC2)cc1OC. The molecule has 0 radical (unpaired) electrons. The molecule has 0 aromatic heterocycles. The second-order valence-electron chi connectivity index (χ2n) is 8.79. The lowest BCUT2D eigenvalue weighted by Gasteiger charge is -2.34. The summed E-state index contributed by atoms with van der Waals surface area (Å²) in [6.07, 6.45) is 6.83. The zero-order valence-corrected chi connectivity index (χ0v) is 19.6. The number of nitrogens with zero attached hydrogens (tertiary/aromatic N) is 1. The van der Waals surface area contributed by atoms with E-state index in [2.05, 4.69) is 12.2 Å². The van der Waals surface area contributed by atoms with E-state index in [-0.39, 0.29) is 29.8 Å². The number of nitrogens with one attached hydrogen (secondary N) is 1. The molecule has 6 nitrogen and oxygen atoms in total. The van der Waals surface area contributed by atoms with Crippen LogP contribution in [0.15, 0.2) is 18.2 Å². The van der Waals surface area contributed by atoms with Gasteiger partial charge in [-0.15, -0.1) is 11.6 Å². The maximum absolute atomic E-state index is 13.5. The summed E-state index contributed by atoms with van der Waals surface area (Å²) in [5.74, 6) is 1.39. The lowest BCUT2D eigenvalue weighted by Crippen LogP contribution is -2.48. The average molecular weight is 451 g/mol. The molecule has 0 saturated heterocycles. The van der Waals surface area contributed by atoms with Crippen molar-refractivity contribution in [2.75, 3.05) is 19.6 Å². The van der Waals surface area contributed by atoms with E-state index in [9.17, 15) is 9.59 Å². The smallest absolute Gasteiger partial charge is 0.247 e. The molecule has 2 amide bonds. The minimum atomic E-state index is -0.729. The van der Waals surface area contributed by atoms with Crippen molar-refractivity contribution in [1.29, 1.82) is 0 Å². The molecule has 0 aliphatic heterocycles. The van der Waals surface area contributed by atoms with Gasteiger partial charge in [-0.2, -0.15) is 0 Å². The summed E-state index contributed by atoms with van der Waals surface area (Å²) < 4.78 is 11.3. The Morgan fingerprint density at radius 2 is 1.87 bits per heavy atom. The summed E-state index contributed by atoms with van der Waals surface area (Å²) in [7, 11) is 1.58. The third-order valence-electron chi connectivity index (χ3n) is 6.20. The Kier molecular flexibility index (Phi) is 8.47. The first-order valence-corrected chi connectivity index (χ1v) is 12.0. The van der Waals surface area contributed by atoms with Gasteiger partial charge in [0.15, 0.2) is 11.5 Å². The van der Waals surface area contributed by atoms with Crippen molar-refractivity contribution < 1.29 is 19.1 Å². The van der Waals surface area contributed by atoms with E-state index in [1.807, 2.05) is 25.1 Å². The van der Waals surface area contributed by atoms with Crippen molar-refractivity contribution in [3.63, 3.8) is 0 Å². The van der Waals surface area contributed by atoms with Crippen molar-refractivity contribution >= 4 is 23.4 Å². The molecule has 2 fully saturated rings. The van der Waals surface area contributed by atoms with Gasteiger partial charge in [0, 0.05) is 12.1 Å². The second kappa shape index (κ2) is 11.1. The zero-order chi connectivity index (χ0) is 22.4. The Bertz CT molecular complexity index is 760. The molecule has 31 heavy (non-hydrogen) atoms. The summed E-state index contributed by atoms with van der Waals surface area (Å²) in [6, 6.07) is 4.96. The third-order valence-corrected chi connectivity index (χ3v) is 6.43. The van der Waals surface area contributed by atoms with Crippen LogP contribution in [0, 0.1) is 5.92 Å². The van der Waals surface area contributed by atoms with E-state index < -0.39 is 6.04 Å². The Morgan fingerprint density at radius 1 is 1.16 bits per heavy atom. The number of carbonyl (C=O) groups is 2. The highest BCUT2D eigenvalue weighted by Gasteiger charge is 2.41. The first-order chi connectivity index (χ1) is 15.0. The van der Waals surface area contributed by atoms with Gasteiger partial charge in [0.05, 0.1) is 13.7 Å². The van der Waals surface area contributed by atoms with E-state index in [0.717, 1.165) is 44.9 Å². The van der Waals surface area contributed by atoms with Crippen molar-refractivity contribution in [3.05, 3.63) is 23.8 Å². The molecule has 1 aromatic carbocycles. The number of carbonyl (C=O) groups excluding carboxylic acids is 2. The molecule has 0 bridgehead atoms. The quantitative estimate of drug-likeness (QED) is 0.535. The Labute approximate surface area is 190 Å². The van der Waals surface area contributed by atoms with Crippen molar-refractivity contribution in [1.82, 2.24) is 10.2 Å². The van der Waals surface area contributed by atoms with E-state index in [1.54, 1.807) is 12.0 Å². The summed E-state index contributed by atoms with van der Waals surface area (Å²) in [5.41, 5.74) is 0.716. The molecular weight excluding hydrogens is 416 g/mol. The first-order valence-electron chi connectivity index (χ1n) is 11.5. The van der Waals surface area contributed by atoms with Gasteiger partial charge < -0.3 is 19.7 Å². The number of ether oxygens (including phenoxy) is 2. The lowest BCUT2D eigenvalue weighted by atomic mass is 9.87. The number of halogens is 1. The summed E-state index contributed by atoms with van der Waals surface area (Å²) in [4.78, 5) is 28.0. The standard InChI is InChI=1S/C24H35ClN2O4/c1-4-13-31-20-12-7-17(14-21(20)30-3)23(27(19-10-11-19)22(28)15-25)24(29)26-18-8-5-16(2)6-9-18/h7,12,14,16,18-19,23H,4-6,8-11,13,15H2,1-3H3,(H,26,29)/t16?,18?,23-/m0/s1. The number of rotatable bonds is 10. The van der Waals surface area contributed by atoms with Gasteiger partial charge in [0.25, 0.3) is 0 Å². The largest absolute Gasteiger partial charge is 0.493 e. The molecule has 2 aliphatic rings. The van der Waals surface area contributed by atoms with Gasteiger partial charge in [-0.25, -0.2) is 0 Å². The molecule has 1 aromatic rings. The Hall–Kier alpha value is -1.95. The highest BCUT2D eigenvalue weighted by Crippen LogP contribution is 2.38. The topological polar surface area (TPSA) is 67.9 Å². The predicted octanol–water partition coefficient (Wildman–Crippen LogP) is 4.45. The Morgan fingerprint density at radius 3 is 2.45 bits per heavy atom. The van der Waals surface area contributed by atoms with Gasteiger partial charge in [-0.3, -0.25) is 9.59 Å². The van der Waals surface area contributed by atoms with E-state index in [0.29, 0.717) is 29.6 Å². The van der Waals surface area contributed by atoms with Crippen molar-refractivity contribution in [2.24, 2.45) is 5.92 Å². The molecule has 7 heteroatoms. The van der Waals surface area contributed by atoms with Crippen molar-refractivity contribution in [3.8, 4) is 11.5 Å². The molecule has 0 unspecified atom stereocenters. The molecule has 0 heterocycles. The Balaban J connectivity index is 1.89. The molecule has 2 saturated carbocycles. The van der Waals surface area contributed by atoms with Gasteiger partial charge in [-0.1, -0.05) is 19.9 Å².